The molecule has 5 nitrogen and oxygen atoms in total. The molecule has 0 amide bonds. The van der Waals surface area contributed by atoms with Crippen molar-refractivity contribution >= 4 is 28.6 Å². The standard InChI is InChI=1S/C11H10IN3O2/c1-2-9-10(11(16)17)13-14-15(9)8-5-3-4-7(12)6-8/h3-6H,2H2,1H3,(H,16,17). The summed E-state index contributed by atoms with van der Waals surface area (Å²) in [6, 6.07) is 7.67. The summed E-state index contributed by atoms with van der Waals surface area (Å²) in [6.07, 6.45) is 0.570. The molecule has 1 N–H and O–H groups in total. The minimum absolute atomic E-state index is 0.0198. The number of benzene rings is 1. The van der Waals surface area contributed by atoms with Crippen LogP contribution in [0.15, 0.2) is 24.3 Å². The summed E-state index contributed by atoms with van der Waals surface area (Å²) in [5.74, 6) is -1.04. The van der Waals surface area contributed by atoms with Crippen molar-refractivity contribution in [2.75, 3.05) is 0 Å². The van der Waals surface area contributed by atoms with Crippen LogP contribution in [0.25, 0.3) is 5.69 Å². The van der Waals surface area contributed by atoms with Gasteiger partial charge in [-0.05, 0) is 47.2 Å². The third-order valence-corrected chi connectivity index (χ3v) is 3.02. The molecule has 0 unspecified atom stereocenters. The molecule has 0 fully saturated rings. The van der Waals surface area contributed by atoms with Crippen LogP contribution in [-0.2, 0) is 6.42 Å². The van der Waals surface area contributed by atoms with E-state index in [-0.39, 0.29) is 5.69 Å². The number of carboxylic acid groups (broad SMARTS) is 1. The molecule has 0 aliphatic carbocycles. The number of rotatable bonds is 3. The number of aromatic nitrogens is 3. The molecule has 6 heteroatoms. The van der Waals surface area contributed by atoms with Crippen LogP contribution in [0.5, 0.6) is 0 Å². The molecule has 2 aromatic rings. The van der Waals surface area contributed by atoms with E-state index in [1.807, 2.05) is 31.2 Å². The van der Waals surface area contributed by atoms with Crippen LogP contribution in [0.2, 0.25) is 0 Å². The van der Waals surface area contributed by atoms with Crippen molar-refractivity contribution in [3.05, 3.63) is 39.2 Å². The maximum Gasteiger partial charge on any atom is 0.358 e. The second-order valence-corrected chi connectivity index (χ2v) is 4.68. The van der Waals surface area contributed by atoms with Gasteiger partial charge in [0.05, 0.1) is 11.4 Å². The minimum Gasteiger partial charge on any atom is -0.476 e. The first kappa shape index (κ1) is 12.0. The Morgan fingerprint density at radius 2 is 2.29 bits per heavy atom. The molecule has 0 saturated heterocycles. The van der Waals surface area contributed by atoms with Gasteiger partial charge in [0.2, 0.25) is 0 Å². The monoisotopic (exact) mass is 343 g/mol. The molecule has 2 rings (SSSR count). The van der Waals surface area contributed by atoms with Crippen molar-refractivity contribution in [1.29, 1.82) is 0 Å². The van der Waals surface area contributed by atoms with Gasteiger partial charge in [-0.15, -0.1) is 5.10 Å². The van der Waals surface area contributed by atoms with Crippen LogP contribution in [-0.4, -0.2) is 26.1 Å². The summed E-state index contributed by atoms with van der Waals surface area (Å²) >= 11 is 2.20. The molecular formula is C11H10IN3O2. The maximum atomic E-state index is 11.0. The highest BCUT2D eigenvalue weighted by Crippen LogP contribution is 2.16. The van der Waals surface area contributed by atoms with Gasteiger partial charge in [-0.25, -0.2) is 9.48 Å². The van der Waals surface area contributed by atoms with Crippen molar-refractivity contribution in [2.45, 2.75) is 13.3 Å². The van der Waals surface area contributed by atoms with Crippen LogP contribution < -0.4 is 0 Å². The van der Waals surface area contributed by atoms with Gasteiger partial charge in [-0.1, -0.05) is 18.2 Å². The van der Waals surface area contributed by atoms with Crippen LogP contribution in [0.1, 0.15) is 23.1 Å². The predicted molar refractivity (Wildman–Crippen MR) is 70.4 cm³/mol. The number of aromatic carboxylic acids is 1. The van der Waals surface area contributed by atoms with Crippen molar-refractivity contribution in [3.63, 3.8) is 0 Å². The minimum atomic E-state index is -1.04. The van der Waals surface area contributed by atoms with E-state index in [9.17, 15) is 4.79 Å². The number of hydrogen-bond donors (Lipinski definition) is 1. The van der Waals surface area contributed by atoms with Crippen molar-refractivity contribution < 1.29 is 9.90 Å². The summed E-state index contributed by atoms with van der Waals surface area (Å²) < 4.78 is 2.64. The maximum absolute atomic E-state index is 11.0. The third-order valence-electron chi connectivity index (χ3n) is 2.35. The molecule has 1 aromatic carbocycles. The molecule has 0 radical (unpaired) electrons. The Morgan fingerprint density at radius 3 is 2.88 bits per heavy atom. The van der Waals surface area contributed by atoms with Crippen molar-refractivity contribution in [2.24, 2.45) is 0 Å². The molecule has 0 aliphatic heterocycles. The van der Waals surface area contributed by atoms with Gasteiger partial charge in [0.25, 0.3) is 0 Å². The lowest BCUT2D eigenvalue weighted by atomic mass is 10.2. The first-order chi connectivity index (χ1) is 8.13. The van der Waals surface area contributed by atoms with E-state index in [1.165, 1.54) is 0 Å². The lowest BCUT2D eigenvalue weighted by molar-refractivity contribution is 0.0689. The molecule has 1 heterocycles. The van der Waals surface area contributed by atoms with E-state index < -0.39 is 5.97 Å². The van der Waals surface area contributed by atoms with Crippen LogP contribution in [0.4, 0.5) is 0 Å². The summed E-state index contributed by atoms with van der Waals surface area (Å²) in [6.45, 7) is 1.88. The zero-order valence-electron chi connectivity index (χ0n) is 9.09. The fourth-order valence-corrected chi connectivity index (χ4v) is 2.13. The van der Waals surface area contributed by atoms with E-state index in [0.29, 0.717) is 12.1 Å². The molecule has 0 bridgehead atoms. The topological polar surface area (TPSA) is 68.0 Å². The van der Waals surface area contributed by atoms with Gasteiger partial charge < -0.3 is 5.11 Å². The summed E-state index contributed by atoms with van der Waals surface area (Å²) in [4.78, 5) is 11.0. The second-order valence-electron chi connectivity index (χ2n) is 3.44. The number of nitrogens with zero attached hydrogens (tertiary/aromatic N) is 3. The van der Waals surface area contributed by atoms with Crippen LogP contribution in [0.3, 0.4) is 0 Å². The zero-order chi connectivity index (χ0) is 12.4. The molecule has 0 aliphatic rings. The zero-order valence-corrected chi connectivity index (χ0v) is 11.2. The first-order valence-electron chi connectivity index (χ1n) is 5.07. The number of halogens is 1. The largest absolute Gasteiger partial charge is 0.476 e. The lowest BCUT2D eigenvalue weighted by Crippen LogP contribution is -2.05. The van der Waals surface area contributed by atoms with E-state index in [0.717, 1.165) is 9.26 Å². The Bertz CT molecular complexity index is 566. The summed E-state index contributed by atoms with van der Waals surface area (Å²) in [7, 11) is 0. The highest BCUT2D eigenvalue weighted by Gasteiger charge is 2.18. The molecule has 17 heavy (non-hydrogen) atoms. The highest BCUT2D eigenvalue weighted by atomic mass is 127. The van der Waals surface area contributed by atoms with E-state index in [1.54, 1.807) is 4.68 Å². The van der Waals surface area contributed by atoms with Gasteiger partial charge in [0.15, 0.2) is 5.69 Å². The number of hydrogen-bond acceptors (Lipinski definition) is 3. The average Bonchev–Trinajstić information content (AvgIpc) is 2.72. The SMILES string of the molecule is CCc1c(C(=O)O)nnn1-c1cccc(I)c1. The molecule has 1 aromatic heterocycles. The van der Waals surface area contributed by atoms with Gasteiger partial charge in [0.1, 0.15) is 0 Å². The molecular weight excluding hydrogens is 333 g/mol. The van der Waals surface area contributed by atoms with Gasteiger partial charge in [-0.2, -0.15) is 0 Å². The fourth-order valence-electron chi connectivity index (χ4n) is 1.60. The number of carboxylic acids is 1. The highest BCUT2D eigenvalue weighted by molar-refractivity contribution is 14.1. The Hall–Kier alpha value is -1.44. The van der Waals surface area contributed by atoms with Gasteiger partial charge >= 0.3 is 5.97 Å². The average molecular weight is 343 g/mol. The summed E-state index contributed by atoms with van der Waals surface area (Å²) in [5, 5.41) is 16.6. The first-order valence-corrected chi connectivity index (χ1v) is 6.15. The quantitative estimate of drug-likeness (QED) is 0.867. The van der Waals surface area contributed by atoms with Crippen molar-refractivity contribution in [3.8, 4) is 5.69 Å². The Kier molecular flexibility index (Phi) is 3.41. The van der Waals surface area contributed by atoms with E-state index in [4.69, 9.17) is 5.11 Å². The molecule has 0 spiro atoms. The normalized spacial score (nSPS) is 10.5. The van der Waals surface area contributed by atoms with Crippen LogP contribution >= 0.6 is 22.6 Å². The van der Waals surface area contributed by atoms with Gasteiger partial charge in [-0.3, -0.25) is 0 Å². The smallest absolute Gasteiger partial charge is 0.358 e. The summed E-state index contributed by atoms with van der Waals surface area (Å²) in [5.41, 5.74) is 1.46. The van der Waals surface area contributed by atoms with Gasteiger partial charge in [0, 0.05) is 3.57 Å². The second kappa shape index (κ2) is 4.82. The number of carbonyl (C=O) groups is 1. The Labute approximate surface area is 112 Å². The van der Waals surface area contributed by atoms with E-state index in [2.05, 4.69) is 32.9 Å². The lowest BCUT2D eigenvalue weighted by Gasteiger charge is -2.05. The van der Waals surface area contributed by atoms with E-state index >= 15 is 0 Å². The van der Waals surface area contributed by atoms with Crippen LogP contribution in [0, 0.1) is 3.57 Å². The predicted octanol–water partition coefficient (Wildman–Crippen LogP) is 2.13. The van der Waals surface area contributed by atoms with Crippen molar-refractivity contribution in [1.82, 2.24) is 15.0 Å². The Morgan fingerprint density at radius 1 is 1.53 bits per heavy atom. The molecule has 0 atom stereocenters. The molecule has 88 valence electrons. The fraction of sp³-hybridized carbons (Fsp3) is 0.182. The third kappa shape index (κ3) is 2.31. The Balaban J connectivity index is 2.56. The molecule has 0 saturated carbocycles.